The lowest BCUT2D eigenvalue weighted by Gasteiger charge is -2.36. The molecule has 3 aliphatic rings. The van der Waals surface area contributed by atoms with Gasteiger partial charge in [0, 0.05) is 13.0 Å². The molecule has 2 aliphatic heterocycles. The Hall–Kier alpha value is -3.41. The second-order valence-corrected chi connectivity index (χ2v) is 8.85. The molecular formula is C26H27N5O. The molecule has 0 spiro atoms. The Labute approximate surface area is 188 Å². The Bertz CT molecular complexity index is 1180. The van der Waals surface area contributed by atoms with Crippen molar-refractivity contribution in [2.45, 2.75) is 51.2 Å². The molecule has 1 aliphatic carbocycles. The van der Waals surface area contributed by atoms with Gasteiger partial charge in [-0.1, -0.05) is 60.7 Å². The molecule has 0 bridgehead atoms. The van der Waals surface area contributed by atoms with E-state index in [1.54, 1.807) is 0 Å². The average molecular weight is 426 g/mol. The minimum Gasteiger partial charge on any atom is -0.309 e. The highest BCUT2D eigenvalue weighted by molar-refractivity contribution is 6.18. The Kier molecular flexibility index (Phi) is 4.59. The van der Waals surface area contributed by atoms with Gasteiger partial charge in [-0.2, -0.15) is 0 Å². The monoisotopic (exact) mass is 425 g/mol. The minimum atomic E-state index is -0.0291. The molecule has 1 fully saturated rings. The number of aromatic nitrogens is 2. The number of aliphatic imine (C=N–C) groups is 1. The number of carbonyl (C=O) groups is 1. The molecule has 0 unspecified atom stereocenters. The number of anilines is 1. The quantitative estimate of drug-likeness (QED) is 0.619. The Morgan fingerprint density at radius 1 is 0.969 bits per heavy atom. The fourth-order valence-corrected chi connectivity index (χ4v) is 5.41. The van der Waals surface area contributed by atoms with E-state index in [2.05, 4.69) is 58.0 Å². The molecule has 162 valence electrons. The fraction of sp³-hybridized carbons (Fsp3) is 0.346. The van der Waals surface area contributed by atoms with E-state index in [0.717, 1.165) is 30.4 Å². The van der Waals surface area contributed by atoms with Crippen molar-refractivity contribution < 1.29 is 4.79 Å². The first kappa shape index (κ1) is 19.3. The summed E-state index contributed by atoms with van der Waals surface area (Å²) in [4.78, 5) is 27.7. The van der Waals surface area contributed by atoms with Crippen LogP contribution in [-0.2, 0) is 13.0 Å². The topological polar surface area (TPSA) is 53.7 Å². The minimum absolute atomic E-state index is 0.0291. The van der Waals surface area contributed by atoms with E-state index >= 15 is 0 Å². The van der Waals surface area contributed by atoms with Gasteiger partial charge in [0.05, 0.1) is 18.6 Å². The van der Waals surface area contributed by atoms with Crippen LogP contribution in [0.1, 0.15) is 53.6 Å². The first-order valence-electron chi connectivity index (χ1n) is 11.6. The van der Waals surface area contributed by atoms with Gasteiger partial charge in [0.2, 0.25) is 5.96 Å². The van der Waals surface area contributed by atoms with Crippen LogP contribution in [0.15, 0.2) is 65.7 Å². The Morgan fingerprint density at radius 2 is 1.69 bits per heavy atom. The first-order valence-corrected chi connectivity index (χ1v) is 11.6. The van der Waals surface area contributed by atoms with E-state index in [1.165, 1.54) is 17.5 Å². The van der Waals surface area contributed by atoms with Crippen LogP contribution in [0.5, 0.6) is 0 Å². The van der Waals surface area contributed by atoms with Crippen molar-refractivity contribution in [1.29, 1.82) is 0 Å². The number of rotatable bonds is 5. The zero-order valence-electron chi connectivity index (χ0n) is 18.3. The van der Waals surface area contributed by atoms with Crippen LogP contribution in [0.25, 0.3) is 0 Å². The summed E-state index contributed by atoms with van der Waals surface area (Å²) < 4.78 is 2.26. The van der Waals surface area contributed by atoms with Gasteiger partial charge in [-0.15, -0.1) is 0 Å². The summed E-state index contributed by atoms with van der Waals surface area (Å²) >= 11 is 0. The second kappa shape index (κ2) is 7.62. The number of nitrogens with zero attached hydrogens (tertiary/aromatic N) is 5. The van der Waals surface area contributed by atoms with Crippen molar-refractivity contribution in [2.75, 3.05) is 11.4 Å². The lowest BCUT2D eigenvalue weighted by Crippen LogP contribution is -2.53. The predicted molar refractivity (Wildman–Crippen MR) is 125 cm³/mol. The van der Waals surface area contributed by atoms with E-state index in [0.29, 0.717) is 31.2 Å². The number of hydrogen-bond donors (Lipinski definition) is 0. The number of hydrogen-bond acceptors (Lipinski definition) is 4. The number of carbonyl (C=O) groups excluding carboxylic acids is 1. The highest BCUT2D eigenvalue weighted by Crippen LogP contribution is 2.41. The molecule has 6 rings (SSSR count). The maximum Gasteiger partial charge on any atom is 0.283 e. The van der Waals surface area contributed by atoms with Crippen LogP contribution >= 0.6 is 0 Å². The van der Waals surface area contributed by atoms with Gasteiger partial charge in [-0.3, -0.25) is 14.6 Å². The molecule has 2 aromatic carbocycles. The summed E-state index contributed by atoms with van der Waals surface area (Å²) in [5, 5.41) is 0. The lowest BCUT2D eigenvalue weighted by molar-refractivity contribution is 0.0840. The van der Waals surface area contributed by atoms with Crippen molar-refractivity contribution in [3.05, 3.63) is 83.3 Å². The van der Waals surface area contributed by atoms with E-state index in [1.807, 2.05) is 24.0 Å². The molecule has 1 aromatic heterocycles. The van der Waals surface area contributed by atoms with E-state index in [-0.39, 0.29) is 11.9 Å². The summed E-state index contributed by atoms with van der Waals surface area (Å²) in [5.74, 6) is 2.65. The number of amides is 1. The lowest BCUT2D eigenvalue weighted by atomic mass is 10.1. The third kappa shape index (κ3) is 2.97. The molecule has 1 amide bonds. The first-order chi connectivity index (χ1) is 15.7. The van der Waals surface area contributed by atoms with Gasteiger partial charge in [0.15, 0.2) is 5.69 Å². The SMILES string of the molecule is CCN1C(=O)c2nc(Cc3ccccc3)n(Cc3ccccc3)c2N2C1=N[C@@H]1CCC[C@@H]12. The average Bonchev–Trinajstić information content (AvgIpc) is 3.50. The van der Waals surface area contributed by atoms with Gasteiger partial charge >= 0.3 is 0 Å². The summed E-state index contributed by atoms with van der Waals surface area (Å²) in [6.45, 7) is 3.31. The largest absolute Gasteiger partial charge is 0.309 e. The third-order valence-electron chi connectivity index (χ3n) is 6.91. The molecule has 0 saturated heterocycles. The maximum absolute atomic E-state index is 13.5. The molecule has 3 heterocycles. The van der Waals surface area contributed by atoms with Crippen molar-refractivity contribution >= 4 is 17.7 Å². The number of benzene rings is 2. The second-order valence-electron chi connectivity index (χ2n) is 8.85. The van der Waals surface area contributed by atoms with Crippen molar-refractivity contribution in [3.8, 4) is 0 Å². The van der Waals surface area contributed by atoms with Crippen LogP contribution in [0.3, 0.4) is 0 Å². The summed E-state index contributed by atoms with van der Waals surface area (Å²) in [7, 11) is 0. The van der Waals surface area contributed by atoms with Crippen LogP contribution in [-0.4, -0.2) is 44.9 Å². The van der Waals surface area contributed by atoms with E-state index in [4.69, 9.17) is 9.98 Å². The third-order valence-corrected chi connectivity index (χ3v) is 6.91. The molecule has 1 saturated carbocycles. The van der Waals surface area contributed by atoms with Crippen molar-refractivity contribution in [3.63, 3.8) is 0 Å². The van der Waals surface area contributed by atoms with Gasteiger partial charge in [-0.05, 0) is 37.3 Å². The zero-order valence-corrected chi connectivity index (χ0v) is 18.3. The number of guanidine groups is 1. The molecule has 32 heavy (non-hydrogen) atoms. The molecule has 0 N–H and O–H groups in total. The van der Waals surface area contributed by atoms with Gasteiger partial charge < -0.3 is 4.57 Å². The molecule has 6 heteroatoms. The maximum atomic E-state index is 13.5. The summed E-state index contributed by atoms with van der Waals surface area (Å²) in [6, 6.07) is 21.4. The van der Waals surface area contributed by atoms with E-state index < -0.39 is 0 Å². The standard InChI is InChI=1S/C26H27N5O/c1-2-29-25(32)23-24(31-21-15-9-14-20(21)27-26(29)31)30(17-19-12-7-4-8-13-19)22(28-23)16-18-10-5-3-6-11-18/h3-8,10-13,20-21H,2,9,14-17H2,1H3/t20-,21+/m1/s1. The van der Waals surface area contributed by atoms with Gasteiger partial charge in [0.25, 0.3) is 5.91 Å². The highest BCUT2D eigenvalue weighted by Gasteiger charge is 2.49. The molecular weight excluding hydrogens is 398 g/mol. The van der Waals surface area contributed by atoms with Crippen LogP contribution in [0.2, 0.25) is 0 Å². The number of imidazole rings is 1. The molecule has 2 atom stereocenters. The van der Waals surface area contributed by atoms with Crippen LogP contribution in [0.4, 0.5) is 5.82 Å². The zero-order chi connectivity index (χ0) is 21.7. The smallest absolute Gasteiger partial charge is 0.283 e. The molecule has 6 nitrogen and oxygen atoms in total. The molecule has 3 aromatic rings. The highest BCUT2D eigenvalue weighted by atomic mass is 16.2. The van der Waals surface area contributed by atoms with Crippen molar-refractivity contribution in [1.82, 2.24) is 14.5 Å². The normalized spacial score (nSPS) is 21.4. The molecule has 0 radical (unpaired) electrons. The van der Waals surface area contributed by atoms with E-state index in [9.17, 15) is 4.79 Å². The summed E-state index contributed by atoms with van der Waals surface area (Å²) in [5.41, 5.74) is 2.96. The number of fused-ring (bicyclic) bond motifs is 5. The van der Waals surface area contributed by atoms with Gasteiger partial charge in [0.1, 0.15) is 11.6 Å². The van der Waals surface area contributed by atoms with Crippen LogP contribution in [0, 0.1) is 0 Å². The van der Waals surface area contributed by atoms with Crippen molar-refractivity contribution in [2.24, 2.45) is 4.99 Å². The van der Waals surface area contributed by atoms with Crippen LogP contribution < -0.4 is 4.90 Å². The Balaban J connectivity index is 1.52. The predicted octanol–water partition coefficient (Wildman–Crippen LogP) is 4.10. The fourth-order valence-electron chi connectivity index (χ4n) is 5.41. The van der Waals surface area contributed by atoms with Gasteiger partial charge in [-0.25, -0.2) is 9.98 Å². The Morgan fingerprint density at radius 3 is 2.41 bits per heavy atom. The summed E-state index contributed by atoms with van der Waals surface area (Å²) in [6.07, 6.45) is 4.07.